The van der Waals surface area contributed by atoms with E-state index in [0.717, 1.165) is 11.5 Å². The fraction of sp³-hybridized carbons (Fsp3) is 0.714. The zero-order valence-corrected chi connectivity index (χ0v) is 13.7. The van der Waals surface area contributed by atoms with E-state index in [0.29, 0.717) is 17.0 Å². The number of aromatic nitrogens is 1. The van der Waals surface area contributed by atoms with Gasteiger partial charge < -0.3 is 10.1 Å². The van der Waals surface area contributed by atoms with Gasteiger partial charge in [-0.15, -0.1) is 11.3 Å². The Bertz CT molecular complexity index is 442. The van der Waals surface area contributed by atoms with Crippen LogP contribution in [-0.4, -0.2) is 35.1 Å². The van der Waals surface area contributed by atoms with E-state index >= 15 is 0 Å². The number of thiazole rings is 1. The summed E-state index contributed by atoms with van der Waals surface area (Å²) in [7, 11) is 0. The van der Waals surface area contributed by atoms with Crippen LogP contribution < -0.4 is 5.32 Å². The molecule has 20 heavy (non-hydrogen) atoms. The minimum Gasteiger partial charge on any atom is -0.461 e. The Labute approximate surface area is 128 Å². The molecule has 1 aromatic heterocycles. The average molecular weight is 314 g/mol. The van der Waals surface area contributed by atoms with Gasteiger partial charge in [0.05, 0.1) is 12.1 Å². The van der Waals surface area contributed by atoms with Gasteiger partial charge >= 0.3 is 5.97 Å². The van der Waals surface area contributed by atoms with Gasteiger partial charge in [-0.25, -0.2) is 9.78 Å². The fourth-order valence-corrected chi connectivity index (χ4v) is 4.19. The number of thioether (sulfide) groups is 1. The summed E-state index contributed by atoms with van der Waals surface area (Å²) in [6.07, 6.45) is 8.62. The van der Waals surface area contributed by atoms with Crippen LogP contribution in [0.15, 0.2) is 5.51 Å². The summed E-state index contributed by atoms with van der Waals surface area (Å²) >= 11 is 3.41. The molecule has 0 spiro atoms. The second kappa shape index (κ2) is 7.31. The Hall–Kier alpha value is -0.750. The summed E-state index contributed by atoms with van der Waals surface area (Å²) in [6.45, 7) is 3.08. The lowest BCUT2D eigenvalue weighted by Gasteiger charge is -2.36. The van der Waals surface area contributed by atoms with Crippen LogP contribution in [0.2, 0.25) is 0 Å². The number of ether oxygens (including phenoxy) is 1. The molecule has 0 radical (unpaired) electrons. The average Bonchev–Trinajstić information content (AvgIpc) is 2.95. The predicted molar refractivity (Wildman–Crippen MR) is 85.9 cm³/mol. The molecule has 0 atom stereocenters. The van der Waals surface area contributed by atoms with Crippen molar-refractivity contribution < 1.29 is 9.53 Å². The van der Waals surface area contributed by atoms with Crippen LogP contribution in [0.5, 0.6) is 0 Å². The summed E-state index contributed by atoms with van der Waals surface area (Å²) in [4.78, 5) is 15.9. The molecular formula is C14H22N2O2S2. The lowest BCUT2D eigenvalue weighted by Crippen LogP contribution is -2.35. The number of hydrogen-bond donors (Lipinski definition) is 1. The highest BCUT2D eigenvalue weighted by molar-refractivity contribution is 8.00. The molecule has 1 heterocycles. The normalized spacial score (nSPS) is 17.7. The van der Waals surface area contributed by atoms with E-state index in [9.17, 15) is 4.79 Å². The molecule has 6 heteroatoms. The molecule has 0 amide bonds. The highest BCUT2D eigenvalue weighted by Gasteiger charge is 2.31. The molecule has 112 valence electrons. The van der Waals surface area contributed by atoms with Gasteiger partial charge in [-0.1, -0.05) is 19.3 Å². The van der Waals surface area contributed by atoms with Gasteiger partial charge in [0.15, 0.2) is 5.69 Å². The van der Waals surface area contributed by atoms with Crippen molar-refractivity contribution in [2.45, 2.75) is 43.8 Å². The molecule has 0 saturated heterocycles. The first-order chi connectivity index (χ1) is 9.71. The lowest BCUT2D eigenvalue weighted by atomic mass is 9.88. The summed E-state index contributed by atoms with van der Waals surface area (Å²) in [5, 5.41) is 4.26. The maximum Gasteiger partial charge on any atom is 0.360 e. The van der Waals surface area contributed by atoms with Crippen molar-refractivity contribution >= 4 is 34.1 Å². The summed E-state index contributed by atoms with van der Waals surface area (Å²) in [6, 6.07) is 0. The van der Waals surface area contributed by atoms with Crippen molar-refractivity contribution in [3.63, 3.8) is 0 Å². The smallest absolute Gasteiger partial charge is 0.360 e. The number of carbonyl (C=O) groups excluding carboxylic acids is 1. The molecule has 0 aromatic carbocycles. The highest BCUT2D eigenvalue weighted by atomic mass is 32.2. The van der Waals surface area contributed by atoms with Gasteiger partial charge in [0, 0.05) is 11.3 Å². The predicted octanol–water partition coefficient (Wildman–Crippen LogP) is 3.80. The van der Waals surface area contributed by atoms with Crippen molar-refractivity contribution in [3.8, 4) is 0 Å². The van der Waals surface area contributed by atoms with E-state index in [1.165, 1.54) is 43.4 Å². The number of rotatable bonds is 6. The van der Waals surface area contributed by atoms with Crippen LogP contribution in [0.4, 0.5) is 5.00 Å². The summed E-state index contributed by atoms with van der Waals surface area (Å²) in [5.41, 5.74) is 2.12. The quantitative estimate of drug-likeness (QED) is 0.809. The monoisotopic (exact) mass is 314 g/mol. The fourth-order valence-electron chi connectivity index (χ4n) is 2.61. The third-order valence-electron chi connectivity index (χ3n) is 3.81. The molecule has 0 aliphatic heterocycles. The first-order valence-electron chi connectivity index (χ1n) is 7.10. The standard InChI is InChI=1S/C14H22N2O2S2/c1-3-18-13(17)11-12(20-10-16-11)15-9-14(19-2)7-5-4-6-8-14/h10,15H,3-9H2,1-2H3. The largest absolute Gasteiger partial charge is 0.461 e. The number of esters is 1. The number of nitrogens with zero attached hydrogens (tertiary/aromatic N) is 1. The number of hydrogen-bond acceptors (Lipinski definition) is 6. The third kappa shape index (κ3) is 3.67. The molecule has 1 aliphatic rings. The van der Waals surface area contributed by atoms with Gasteiger partial charge in [-0.05, 0) is 26.0 Å². The van der Waals surface area contributed by atoms with Gasteiger partial charge in [-0.2, -0.15) is 11.8 Å². The van der Waals surface area contributed by atoms with Crippen LogP contribution in [0.1, 0.15) is 49.5 Å². The van der Waals surface area contributed by atoms with E-state index in [-0.39, 0.29) is 5.97 Å². The van der Waals surface area contributed by atoms with Gasteiger partial charge in [0.2, 0.25) is 0 Å². The van der Waals surface area contributed by atoms with Crippen molar-refractivity contribution in [1.29, 1.82) is 0 Å². The van der Waals surface area contributed by atoms with Crippen molar-refractivity contribution in [1.82, 2.24) is 4.98 Å². The maximum atomic E-state index is 11.8. The minimum absolute atomic E-state index is 0.300. The van der Waals surface area contributed by atoms with Gasteiger partial charge in [0.1, 0.15) is 5.00 Å². The van der Waals surface area contributed by atoms with Crippen LogP contribution >= 0.6 is 23.1 Å². The molecule has 4 nitrogen and oxygen atoms in total. The molecule has 1 N–H and O–H groups in total. The zero-order valence-electron chi connectivity index (χ0n) is 12.1. The number of anilines is 1. The third-order valence-corrected chi connectivity index (χ3v) is 6.01. The molecule has 1 aliphatic carbocycles. The van der Waals surface area contributed by atoms with Crippen LogP contribution in [-0.2, 0) is 4.74 Å². The van der Waals surface area contributed by atoms with Gasteiger partial charge in [-0.3, -0.25) is 0 Å². The summed E-state index contributed by atoms with van der Waals surface area (Å²) in [5.74, 6) is -0.335. The second-order valence-electron chi connectivity index (χ2n) is 5.05. The van der Waals surface area contributed by atoms with Crippen LogP contribution in [0.25, 0.3) is 0 Å². The van der Waals surface area contributed by atoms with Crippen molar-refractivity contribution in [2.24, 2.45) is 0 Å². The molecule has 0 bridgehead atoms. The minimum atomic E-state index is -0.335. The Kier molecular flexibility index (Phi) is 5.72. The van der Waals surface area contributed by atoms with E-state index in [1.54, 1.807) is 5.51 Å². The molecule has 1 aromatic rings. The molecule has 1 saturated carbocycles. The zero-order chi connectivity index (χ0) is 14.4. The Morgan fingerprint density at radius 3 is 2.90 bits per heavy atom. The molecule has 0 unspecified atom stereocenters. The first-order valence-corrected chi connectivity index (χ1v) is 9.21. The van der Waals surface area contributed by atoms with E-state index in [1.807, 2.05) is 18.7 Å². The van der Waals surface area contributed by atoms with E-state index < -0.39 is 0 Å². The molecule has 2 rings (SSSR count). The Morgan fingerprint density at radius 1 is 1.50 bits per heavy atom. The lowest BCUT2D eigenvalue weighted by molar-refractivity contribution is 0.0521. The second-order valence-corrected chi connectivity index (χ2v) is 7.18. The molecule has 1 fully saturated rings. The Balaban J connectivity index is 1.99. The topological polar surface area (TPSA) is 51.2 Å². The number of carbonyl (C=O) groups is 1. The van der Waals surface area contributed by atoms with Crippen molar-refractivity contribution in [2.75, 3.05) is 24.7 Å². The van der Waals surface area contributed by atoms with E-state index in [2.05, 4.69) is 16.6 Å². The van der Waals surface area contributed by atoms with Gasteiger partial charge in [0.25, 0.3) is 0 Å². The Morgan fingerprint density at radius 2 is 2.25 bits per heavy atom. The maximum absolute atomic E-state index is 11.8. The summed E-state index contributed by atoms with van der Waals surface area (Å²) < 4.78 is 5.33. The first kappa shape index (κ1) is 15.6. The number of nitrogens with one attached hydrogen (secondary N) is 1. The molecular weight excluding hydrogens is 292 g/mol. The van der Waals surface area contributed by atoms with Crippen LogP contribution in [0, 0.1) is 0 Å². The van der Waals surface area contributed by atoms with E-state index in [4.69, 9.17) is 4.74 Å². The van der Waals surface area contributed by atoms with Crippen LogP contribution in [0.3, 0.4) is 0 Å². The highest BCUT2D eigenvalue weighted by Crippen LogP contribution is 2.39. The SMILES string of the molecule is CCOC(=O)c1ncsc1NCC1(SC)CCCCC1. The van der Waals surface area contributed by atoms with Crippen molar-refractivity contribution in [3.05, 3.63) is 11.2 Å².